The van der Waals surface area contributed by atoms with Crippen molar-refractivity contribution in [1.29, 1.82) is 0 Å². The Bertz CT molecular complexity index is 547. The van der Waals surface area contributed by atoms with E-state index in [1.165, 1.54) is 6.92 Å². The fraction of sp³-hybridized carbons (Fsp3) is 0.250. The van der Waals surface area contributed by atoms with Crippen LogP contribution in [-0.4, -0.2) is 15.4 Å². The predicted octanol–water partition coefficient (Wildman–Crippen LogP) is -1.57. The molecule has 0 unspecified atom stereocenters. The van der Waals surface area contributed by atoms with Crippen LogP contribution >= 0.6 is 0 Å². The fourth-order valence-corrected chi connectivity index (χ4v) is 2.01. The maximum Gasteiger partial charge on any atom is 1.00 e. The van der Waals surface area contributed by atoms with Gasteiger partial charge in [-0.15, -0.1) is 9.35 Å². The minimum absolute atomic E-state index is 0. The van der Waals surface area contributed by atoms with E-state index in [-0.39, 0.29) is 68.2 Å². The van der Waals surface area contributed by atoms with Crippen LogP contribution in [0.15, 0.2) is 12.1 Å². The van der Waals surface area contributed by atoms with Crippen LogP contribution in [0.1, 0.15) is 11.1 Å². The average molecular weight is 309 g/mol. The van der Waals surface area contributed by atoms with Crippen molar-refractivity contribution in [2.45, 2.75) is 12.7 Å². The van der Waals surface area contributed by atoms with Gasteiger partial charge < -0.3 is 18.7 Å². The van der Waals surface area contributed by atoms with Gasteiger partial charge in [-0.3, -0.25) is 0 Å². The van der Waals surface area contributed by atoms with Crippen LogP contribution in [0.5, 0.6) is 0 Å². The molecule has 96 valence electrons. The number of hydrogen-bond donors (Lipinski definition) is 1. The Balaban J connectivity index is 0.00000289. The number of nitrogens with two attached hydrogens (primary N) is 1. The number of halogens is 4. The van der Waals surface area contributed by atoms with E-state index in [9.17, 15) is 25.3 Å². The minimum Gasteiger partial charge on any atom is -0.445 e. The Morgan fingerprint density at radius 3 is 2.17 bits per heavy atom. The molecule has 0 atom stereocenters. The van der Waals surface area contributed by atoms with Gasteiger partial charge in [0.05, 0.1) is 0 Å². The second-order valence-corrected chi connectivity index (χ2v) is 5.02. The summed E-state index contributed by atoms with van der Waals surface area (Å²) in [4.78, 5) is 0. The summed E-state index contributed by atoms with van der Waals surface area (Å²) in [7, 11) is -4.88. The first-order valence-electron chi connectivity index (χ1n) is 4.52. The molecule has 0 radical (unpaired) electrons. The second-order valence-electron chi connectivity index (χ2n) is 3.66. The Labute approximate surface area is 145 Å². The van der Waals surface area contributed by atoms with Crippen molar-refractivity contribution in [1.82, 2.24) is 0 Å². The molecule has 0 saturated carbocycles. The second kappa shape index (κ2) is 6.23. The Morgan fingerprint density at radius 1 is 1.28 bits per heavy atom. The van der Waals surface area contributed by atoms with Crippen LogP contribution in [0, 0.1) is 6.92 Å². The molecule has 0 heterocycles. The summed E-state index contributed by atoms with van der Waals surface area (Å²) in [6.45, 7) is -4.14. The Kier molecular flexibility index (Phi) is 6.36. The van der Waals surface area contributed by atoms with Crippen molar-refractivity contribution in [3.63, 3.8) is 0 Å². The zero-order chi connectivity index (χ0) is 13.4. The summed E-state index contributed by atoms with van der Waals surface area (Å²) in [6, 6.07) is 1.64. The fourth-order valence-electron chi connectivity index (χ4n) is 1.45. The van der Waals surface area contributed by atoms with Gasteiger partial charge in [0, 0.05) is 5.69 Å². The molecule has 1 aromatic carbocycles. The summed E-state index contributed by atoms with van der Waals surface area (Å²) >= 11 is 0. The van der Waals surface area contributed by atoms with Gasteiger partial charge in [0.2, 0.25) is 0 Å². The van der Waals surface area contributed by atoms with Crippen molar-refractivity contribution < 1.29 is 76.6 Å². The first kappa shape index (κ1) is 18.4. The van der Waals surface area contributed by atoms with Crippen LogP contribution in [0.25, 0.3) is 0 Å². The number of anilines is 1. The predicted molar refractivity (Wildman–Crippen MR) is 58.0 cm³/mol. The molecular weight excluding hydrogens is 300 g/mol. The molecule has 0 aliphatic heterocycles. The largest absolute Gasteiger partial charge is 1.00 e. The summed E-state index contributed by atoms with van der Waals surface area (Å²) in [5.74, 6) is -1.11. The van der Waals surface area contributed by atoms with Gasteiger partial charge in [-0.1, -0.05) is 11.6 Å². The maximum atomic E-state index is 12.6. The molecule has 3 nitrogen and oxygen atoms in total. The number of hydrogen-bond acceptors (Lipinski definition) is 3. The molecule has 0 aliphatic carbocycles. The molecule has 0 spiro atoms. The molecule has 18 heavy (non-hydrogen) atoms. The molecule has 2 N–H and O–H groups in total. The monoisotopic (exact) mass is 309 g/mol. The Hall–Kier alpha value is 0.391. The summed E-state index contributed by atoms with van der Waals surface area (Å²) in [5.41, 5.74) is 3.63. The van der Waals surface area contributed by atoms with Crippen molar-refractivity contribution >= 4 is 28.4 Å². The molecule has 0 saturated heterocycles. The van der Waals surface area contributed by atoms with Gasteiger partial charge in [-0.05, 0) is 18.6 Å². The standard InChI is InChI=1S/C8H9BF4NO2S.K/c1-5-7(9(10,11)12)2-6(3-8(5)14)4-17(13,15)16;/h2-3H,4,14H2,1H3;/q-1;+1. The molecule has 0 amide bonds. The third-order valence-corrected chi connectivity index (χ3v) is 2.92. The van der Waals surface area contributed by atoms with Crippen LogP contribution in [0.3, 0.4) is 0 Å². The maximum absolute atomic E-state index is 12.6. The first-order chi connectivity index (χ1) is 7.50. The molecule has 0 bridgehead atoms. The third kappa shape index (κ3) is 5.18. The molecular formula is C8H9BF4KNO2S. The van der Waals surface area contributed by atoms with Crippen LogP contribution < -0.4 is 62.6 Å². The zero-order valence-corrected chi connectivity index (χ0v) is 13.7. The number of rotatable bonds is 3. The van der Waals surface area contributed by atoms with E-state index in [4.69, 9.17) is 5.73 Å². The van der Waals surface area contributed by atoms with Crippen LogP contribution in [0.4, 0.5) is 22.5 Å². The zero-order valence-electron chi connectivity index (χ0n) is 9.75. The topological polar surface area (TPSA) is 60.2 Å². The van der Waals surface area contributed by atoms with Gasteiger partial charge in [-0.25, -0.2) is 0 Å². The van der Waals surface area contributed by atoms with Gasteiger partial charge >= 0.3 is 68.6 Å². The van der Waals surface area contributed by atoms with Crippen molar-refractivity contribution in [3.05, 3.63) is 23.3 Å². The quantitative estimate of drug-likeness (QED) is 0.318. The van der Waals surface area contributed by atoms with Gasteiger partial charge in [0.25, 0.3) is 0 Å². The number of benzene rings is 1. The van der Waals surface area contributed by atoms with Gasteiger partial charge in [0.1, 0.15) is 5.75 Å². The summed E-state index contributed by atoms with van der Waals surface area (Å²) in [6.07, 6.45) is 0. The van der Waals surface area contributed by atoms with Crippen molar-refractivity contribution in [2.24, 2.45) is 0 Å². The summed E-state index contributed by atoms with van der Waals surface area (Å²) in [5, 5.41) is 0. The SMILES string of the molecule is Cc1c(N)cc(CS(=O)(=O)F)cc1[B-](F)(F)F.[K+]. The van der Waals surface area contributed by atoms with E-state index >= 15 is 0 Å². The number of nitrogen functional groups attached to an aromatic ring is 1. The molecule has 1 aromatic rings. The molecule has 0 aromatic heterocycles. The van der Waals surface area contributed by atoms with Gasteiger partial charge in [0.15, 0.2) is 0 Å². The van der Waals surface area contributed by atoms with E-state index < -0.39 is 28.4 Å². The molecule has 0 aliphatic rings. The summed E-state index contributed by atoms with van der Waals surface area (Å²) < 4.78 is 71.0. The van der Waals surface area contributed by atoms with Crippen LogP contribution in [-0.2, 0) is 16.0 Å². The normalized spacial score (nSPS) is 12.1. The van der Waals surface area contributed by atoms with E-state index in [0.29, 0.717) is 6.07 Å². The third-order valence-electron chi connectivity index (χ3n) is 2.24. The minimum atomic E-state index is -5.31. The van der Waals surface area contributed by atoms with E-state index in [2.05, 4.69) is 0 Å². The van der Waals surface area contributed by atoms with Crippen LogP contribution in [0.2, 0.25) is 0 Å². The molecule has 0 fully saturated rings. The Morgan fingerprint density at radius 2 is 1.78 bits per heavy atom. The van der Waals surface area contributed by atoms with E-state index in [1.807, 2.05) is 0 Å². The molecule has 10 heteroatoms. The molecule has 1 rings (SSSR count). The van der Waals surface area contributed by atoms with E-state index in [1.54, 1.807) is 0 Å². The average Bonchev–Trinajstić information content (AvgIpc) is 2.06. The smallest absolute Gasteiger partial charge is 0.445 e. The van der Waals surface area contributed by atoms with E-state index in [0.717, 1.165) is 6.07 Å². The van der Waals surface area contributed by atoms with Crippen molar-refractivity contribution in [2.75, 3.05) is 5.73 Å². The van der Waals surface area contributed by atoms with Crippen molar-refractivity contribution in [3.8, 4) is 0 Å². The van der Waals surface area contributed by atoms with Gasteiger partial charge in [-0.2, -0.15) is 8.42 Å². The first-order valence-corrected chi connectivity index (χ1v) is 6.07.